The van der Waals surface area contributed by atoms with E-state index in [9.17, 15) is 0 Å². The quantitative estimate of drug-likeness (QED) is 0.444. The monoisotopic (exact) mass is 189 g/mol. The Morgan fingerprint density at radius 3 is 2.14 bits per heavy atom. The van der Waals surface area contributed by atoms with Crippen LogP contribution in [-0.2, 0) is 0 Å². The first-order valence-electron chi connectivity index (χ1n) is 4.32. The lowest BCUT2D eigenvalue weighted by Gasteiger charge is -2.24. The molecule has 1 aromatic carbocycles. The number of para-hydroxylation sites is 1. The average molecular weight is 189 g/mol. The highest BCUT2D eigenvalue weighted by Gasteiger charge is 2.33. The molecule has 2 rings (SSSR count). The lowest BCUT2D eigenvalue weighted by Crippen LogP contribution is -2.51. The summed E-state index contributed by atoms with van der Waals surface area (Å²) >= 11 is 0. The second-order valence-electron chi connectivity index (χ2n) is 3.27. The number of rotatable bonds is 1. The molecule has 4 nitrogen and oxygen atoms in total. The van der Waals surface area contributed by atoms with Gasteiger partial charge in [-0.25, -0.2) is 0 Å². The molecule has 0 spiro atoms. The van der Waals surface area contributed by atoms with Gasteiger partial charge in [-0.05, 0) is 0 Å². The zero-order valence-electron chi connectivity index (χ0n) is 7.72. The van der Waals surface area contributed by atoms with E-state index >= 15 is 0 Å². The summed E-state index contributed by atoms with van der Waals surface area (Å²) < 4.78 is -0.0350. The van der Waals surface area contributed by atoms with Gasteiger partial charge in [0.25, 0.3) is 5.82 Å². The Morgan fingerprint density at radius 2 is 1.64 bits per heavy atom. The standard InChI is InChI=1S/C10H13N4/c11-9-6-7-14(13,10(9)12)8-4-2-1-3-5-8/h1-7H,11-13H2/q+1. The van der Waals surface area contributed by atoms with Gasteiger partial charge >= 0.3 is 0 Å². The smallest absolute Gasteiger partial charge is 0.251 e. The second kappa shape index (κ2) is 2.87. The molecule has 0 aliphatic carbocycles. The van der Waals surface area contributed by atoms with E-state index in [1.807, 2.05) is 30.3 Å². The van der Waals surface area contributed by atoms with Gasteiger partial charge in [-0.1, -0.05) is 18.2 Å². The van der Waals surface area contributed by atoms with E-state index in [1.165, 1.54) is 0 Å². The van der Waals surface area contributed by atoms with Gasteiger partial charge in [-0.2, -0.15) is 5.84 Å². The molecule has 1 aliphatic rings. The fourth-order valence-corrected chi connectivity index (χ4v) is 1.48. The first-order chi connectivity index (χ1) is 6.64. The van der Waals surface area contributed by atoms with Crippen LogP contribution in [0.1, 0.15) is 0 Å². The molecule has 6 N–H and O–H groups in total. The van der Waals surface area contributed by atoms with Gasteiger partial charge in [-0.3, -0.25) is 0 Å². The molecule has 0 aromatic heterocycles. The molecule has 0 radical (unpaired) electrons. The van der Waals surface area contributed by atoms with Crippen molar-refractivity contribution in [3.63, 3.8) is 0 Å². The molecule has 1 aromatic rings. The third-order valence-electron chi connectivity index (χ3n) is 2.37. The van der Waals surface area contributed by atoms with Crippen molar-refractivity contribution < 1.29 is 0 Å². The van der Waals surface area contributed by atoms with E-state index in [4.69, 9.17) is 17.3 Å². The highest BCUT2D eigenvalue weighted by molar-refractivity contribution is 5.53. The molecule has 1 atom stereocenters. The third kappa shape index (κ3) is 1.09. The Labute approximate surface area is 82.5 Å². The lowest BCUT2D eigenvalue weighted by molar-refractivity contribution is 0.477. The number of benzene rings is 1. The van der Waals surface area contributed by atoms with Crippen molar-refractivity contribution in [1.29, 1.82) is 0 Å². The van der Waals surface area contributed by atoms with Gasteiger partial charge in [0.1, 0.15) is 11.9 Å². The van der Waals surface area contributed by atoms with Crippen LogP contribution in [0.4, 0.5) is 5.69 Å². The summed E-state index contributed by atoms with van der Waals surface area (Å²) in [5.41, 5.74) is 12.9. The summed E-state index contributed by atoms with van der Waals surface area (Å²) in [5.74, 6) is 6.56. The van der Waals surface area contributed by atoms with Crippen LogP contribution in [0.3, 0.4) is 0 Å². The minimum Gasteiger partial charge on any atom is -0.392 e. The van der Waals surface area contributed by atoms with Crippen molar-refractivity contribution in [3.05, 3.63) is 54.1 Å². The van der Waals surface area contributed by atoms with Gasteiger partial charge in [0.05, 0.1) is 0 Å². The fraction of sp³-hybridized carbons (Fsp3) is 0. The van der Waals surface area contributed by atoms with Crippen molar-refractivity contribution >= 4 is 5.69 Å². The minimum atomic E-state index is -0.0350. The Hall–Kier alpha value is -1.78. The number of hydrogen-bond donors (Lipinski definition) is 3. The number of allylic oxidation sites excluding steroid dienone is 1. The van der Waals surface area contributed by atoms with Gasteiger partial charge in [0, 0.05) is 18.2 Å². The molecular weight excluding hydrogens is 176 g/mol. The molecule has 1 aliphatic heterocycles. The Morgan fingerprint density at radius 1 is 1.00 bits per heavy atom. The van der Waals surface area contributed by atoms with Crippen molar-refractivity contribution in [3.8, 4) is 0 Å². The van der Waals surface area contributed by atoms with Gasteiger partial charge in [0.15, 0.2) is 5.69 Å². The highest BCUT2D eigenvalue weighted by atomic mass is 15.6. The lowest BCUT2D eigenvalue weighted by atomic mass is 10.3. The van der Waals surface area contributed by atoms with Crippen molar-refractivity contribution in [2.75, 3.05) is 0 Å². The van der Waals surface area contributed by atoms with E-state index in [0.29, 0.717) is 11.5 Å². The largest absolute Gasteiger partial charge is 0.392 e. The van der Waals surface area contributed by atoms with Crippen LogP contribution < -0.4 is 21.9 Å². The normalized spacial score (nSPS) is 25.8. The first-order valence-corrected chi connectivity index (χ1v) is 4.32. The first kappa shape index (κ1) is 8.80. The maximum absolute atomic E-state index is 6.10. The van der Waals surface area contributed by atoms with Gasteiger partial charge in [0.2, 0.25) is 0 Å². The van der Waals surface area contributed by atoms with Gasteiger partial charge < -0.3 is 11.5 Å². The number of hydrogen-bond acceptors (Lipinski definition) is 3. The predicted molar refractivity (Wildman–Crippen MR) is 57.0 cm³/mol. The van der Waals surface area contributed by atoms with E-state index in [0.717, 1.165) is 5.69 Å². The van der Waals surface area contributed by atoms with Crippen LogP contribution in [-0.4, -0.2) is 0 Å². The number of quaternary nitrogens is 1. The summed E-state index contributed by atoms with van der Waals surface area (Å²) in [4.78, 5) is 0. The summed E-state index contributed by atoms with van der Waals surface area (Å²) in [5, 5.41) is 0. The topological polar surface area (TPSA) is 78.1 Å². The molecule has 1 unspecified atom stereocenters. The summed E-state index contributed by atoms with van der Waals surface area (Å²) in [6, 6.07) is 9.58. The molecule has 0 saturated carbocycles. The van der Waals surface area contributed by atoms with Crippen molar-refractivity contribution in [2.45, 2.75) is 0 Å². The van der Waals surface area contributed by atoms with Gasteiger partial charge in [-0.15, -0.1) is 4.59 Å². The van der Waals surface area contributed by atoms with Crippen LogP contribution in [0.2, 0.25) is 0 Å². The predicted octanol–water partition coefficient (Wildman–Crippen LogP) is 0.481. The molecule has 72 valence electrons. The maximum atomic E-state index is 6.10. The molecule has 14 heavy (non-hydrogen) atoms. The Kier molecular flexibility index (Phi) is 1.80. The van der Waals surface area contributed by atoms with Crippen LogP contribution in [0, 0.1) is 0 Å². The SMILES string of the molecule is NC1=C(N)[N+](N)(c2ccccc2)C=C1. The number of nitrogens with zero attached hydrogens (tertiary/aromatic N) is 1. The molecule has 4 heteroatoms. The molecule has 0 amide bonds. The van der Waals surface area contributed by atoms with E-state index in [2.05, 4.69) is 0 Å². The molecule has 1 heterocycles. The van der Waals surface area contributed by atoms with Crippen LogP contribution in [0.15, 0.2) is 54.1 Å². The van der Waals surface area contributed by atoms with Crippen LogP contribution in [0.5, 0.6) is 0 Å². The molecule has 0 bridgehead atoms. The maximum Gasteiger partial charge on any atom is 0.251 e. The summed E-state index contributed by atoms with van der Waals surface area (Å²) in [6.07, 6.45) is 3.49. The molecule has 0 saturated heterocycles. The van der Waals surface area contributed by atoms with Crippen LogP contribution in [0.25, 0.3) is 0 Å². The average Bonchev–Trinajstić information content (AvgIpc) is 2.49. The Bertz CT molecular complexity index is 407. The van der Waals surface area contributed by atoms with Crippen molar-refractivity contribution in [1.82, 2.24) is 4.59 Å². The second-order valence-corrected chi connectivity index (χ2v) is 3.27. The highest BCUT2D eigenvalue weighted by Crippen LogP contribution is 2.27. The van der Waals surface area contributed by atoms with Crippen LogP contribution >= 0.6 is 0 Å². The number of nitrogens with two attached hydrogens (primary N) is 3. The fourth-order valence-electron chi connectivity index (χ4n) is 1.48. The summed E-state index contributed by atoms with van der Waals surface area (Å²) in [6.45, 7) is 0. The Balaban J connectivity index is 2.51. The summed E-state index contributed by atoms with van der Waals surface area (Å²) in [7, 11) is 0. The third-order valence-corrected chi connectivity index (χ3v) is 2.37. The molecule has 0 fully saturated rings. The zero-order valence-corrected chi connectivity index (χ0v) is 7.72. The minimum absolute atomic E-state index is 0.0350. The molecular formula is C10H13N4+. The van der Waals surface area contributed by atoms with E-state index < -0.39 is 0 Å². The van der Waals surface area contributed by atoms with E-state index in [1.54, 1.807) is 12.3 Å². The van der Waals surface area contributed by atoms with Crippen molar-refractivity contribution in [2.24, 2.45) is 17.3 Å². The van der Waals surface area contributed by atoms with E-state index in [-0.39, 0.29) is 4.59 Å². The zero-order chi connectivity index (χ0) is 10.2.